The van der Waals surface area contributed by atoms with E-state index in [0.717, 1.165) is 18.8 Å². The molecular weight excluding hydrogens is 411 g/mol. The number of amides is 2. The molecule has 0 saturated carbocycles. The highest BCUT2D eigenvalue weighted by molar-refractivity contribution is 6.31. The second-order valence-corrected chi connectivity index (χ2v) is 7.45. The van der Waals surface area contributed by atoms with Gasteiger partial charge >= 0.3 is 0 Å². The van der Waals surface area contributed by atoms with E-state index in [1.54, 1.807) is 11.9 Å². The van der Waals surface area contributed by atoms with Crippen molar-refractivity contribution < 1.29 is 18.7 Å². The number of benzene rings is 2. The molecule has 0 aromatic heterocycles. The highest BCUT2D eigenvalue weighted by Crippen LogP contribution is 2.20. The number of carbonyl (C=O) groups excluding carboxylic acids is 2. The number of nitrogens with one attached hydrogen (secondary N) is 2. The predicted molar refractivity (Wildman–Crippen MR) is 116 cm³/mol. The summed E-state index contributed by atoms with van der Waals surface area (Å²) in [5, 5.41) is 5.38. The Labute approximate surface area is 179 Å². The van der Waals surface area contributed by atoms with Crippen LogP contribution in [0.3, 0.4) is 0 Å². The summed E-state index contributed by atoms with van der Waals surface area (Å²) in [6, 6.07) is 11.6. The fourth-order valence-electron chi connectivity index (χ4n) is 3.10. The number of carbonyl (C=O) groups is 2. The van der Waals surface area contributed by atoms with E-state index in [-0.39, 0.29) is 29.9 Å². The van der Waals surface area contributed by atoms with Gasteiger partial charge in [-0.1, -0.05) is 11.6 Å². The normalized spacial score (nSPS) is 13.9. The Kier molecular flexibility index (Phi) is 7.62. The molecule has 160 valence electrons. The van der Waals surface area contributed by atoms with Gasteiger partial charge in [-0.2, -0.15) is 0 Å². The van der Waals surface area contributed by atoms with E-state index in [0.29, 0.717) is 24.6 Å². The van der Waals surface area contributed by atoms with E-state index >= 15 is 0 Å². The van der Waals surface area contributed by atoms with Crippen LogP contribution in [-0.4, -0.2) is 63.2 Å². The minimum Gasteiger partial charge on any atom is -0.378 e. The molecule has 0 aliphatic carbocycles. The van der Waals surface area contributed by atoms with E-state index in [4.69, 9.17) is 16.3 Å². The van der Waals surface area contributed by atoms with Crippen molar-refractivity contribution >= 4 is 40.5 Å². The highest BCUT2D eigenvalue weighted by Gasteiger charge is 2.13. The number of likely N-dealkylation sites (N-methyl/N-ethyl adjacent to an activating group) is 1. The first-order valence-electron chi connectivity index (χ1n) is 9.57. The fraction of sp³-hybridized carbons (Fsp3) is 0.333. The van der Waals surface area contributed by atoms with Crippen LogP contribution in [0, 0.1) is 5.82 Å². The first kappa shape index (κ1) is 22.0. The van der Waals surface area contributed by atoms with E-state index in [1.165, 1.54) is 18.2 Å². The fourth-order valence-corrected chi connectivity index (χ4v) is 3.28. The minimum absolute atomic E-state index is 0.00160. The Balaban J connectivity index is 1.44. The van der Waals surface area contributed by atoms with Gasteiger partial charge in [-0.05, 0) is 49.5 Å². The standard InChI is InChI=1S/C21H24ClFN4O3/c1-26(14-21(29)25-16-4-7-19(23)18(22)12-16)13-20(28)24-15-2-5-17(6-3-15)27-8-10-30-11-9-27/h2-7,12H,8-11,13-14H2,1H3,(H,24,28)(H,25,29). The smallest absolute Gasteiger partial charge is 0.238 e. The SMILES string of the molecule is CN(CC(=O)Nc1ccc(N2CCOCC2)cc1)CC(=O)Nc1ccc(F)c(Cl)c1. The summed E-state index contributed by atoms with van der Waals surface area (Å²) in [7, 11) is 1.67. The Morgan fingerprint density at radius 1 is 1.03 bits per heavy atom. The van der Waals surface area contributed by atoms with Crippen LogP contribution in [0.5, 0.6) is 0 Å². The van der Waals surface area contributed by atoms with Crippen LogP contribution in [0.25, 0.3) is 0 Å². The Morgan fingerprint density at radius 2 is 1.60 bits per heavy atom. The molecule has 2 N–H and O–H groups in total. The van der Waals surface area contributed by atoms with E-state index in [1.807, 2.05) is 24.3 Å². The van der Waals surface area contributed by atoms with Crippen molar-refractivity contribution in [2.75, 3.05) is 62.0 Å². The molecule has 3 rings (SSSR count). The lowest BCUT2D eigenvalue weighted by molar-refractivity contribution is -0.119. The summed E-state index contributed by atoms with van der Waals surface area (Å²) in [5.74, 6) is -1.11. The summed E-state index contributed by atoms with van der Waals surface area (Å²) in [6.45, 7) is 3.17. The van der Waals surface area contributed by atoms with Crippen molar-refractivity contribution in [3.8, 4) is 0 Å². The summed E-state index contributed by atoms with van der Waals surface area (Å²) >= 11 is 5.70. The third kappa shape index (κ3) is 6.41. The van der Waals surface area contributed by atoms with Crippen LogP contribution in [0.2, 0.25) is 5.02 Å². The van der Waals surface area contributed by atoms with Gasteiger partial charge < -0.3 is 20.3 Å². The maximum absolute atomic E-state index is 13.2. The van der Waals surface area contributed by atoms with Crippen LogP contribution < -0.4 is 15.5 Å². The monoisotopic (exact) mass is 434 g/mol. The predicted octanol–water partition coefficient (Wildman–Crippen LogP) is 2.82. The summed E-state index contributed by atoms with van der Waals surface area (Å²) in [6.07, 6.45) is 0. The lowest BCUT2D eigenvalue weighted by atomic mass is 10.2. The second kappa shape index (κ2) is 10.4. The van der Waals surface area contributed by atoms with Gasteiger partial charge in [-0.25, -0.2) is 4.39 Å². The number of morpholine rings is 1. The average molecular weight is 435 g/mol. The first-order valence-corrected chi connectivity index (χ1v) is 9.94. The molecule has 1 saturated heterocycles. The van der Waals surface area contributed by atoms with Crippen molar-refractivity contribution in [1.29, 1.82) is 0 Å². The molecule has 9 heteroatoms. The minimum atomic E-state index is -0.554. The molecule has 2 aromatic carbocycles. The van der Waals surface area contributed by atoms with Crippen LogP contribution in [0.4, 0.5) is 21.5 Å². The lowest BCUT2D eigenvalue weighted by Crippen LogP contribution is -2.36. The topological polar surface area (TPSA) is 73.9 Å². The molecule has 0 unspecified atom stereocenters. The van der Waals surface area contributed by atoms with Gasteiger partial charge in [0.15, 0.2) is 0 Å². The van der Waals surface area contributed by atoms with Gasteiger partial charge in [0.25, 0.3) is 0 Å². The van der Waals surface area contributed by atoms with Crippen LogP contribution >= 0.6 is 11.6 Å². The molecule has 30 heavy (non-hydrogen) atoms. The van der Waals surface area contributed by atoms with E-state index in [9.17, 15) is 14.0 Å². The van der Waals surface area contributed by atoms with Gasteiger partial charge in [0.1, 0.15) is 5.82 Å². The molecule has 1 aliphatic rings. The van der Waals surface area contributed by atoms with Gasteiger partial charge in [0.2, 0.25) is 11.8 Å². The van der Waals surface area contributed by atoms with Gasteiger partial charge in [-0.3, -0.25) is 14.5 Å². The number of anilines is 3. The molecule has 0 radical (unpaired) electrons. The van der Waals surface area contributed by atoms with Crippen LogP contribution in [0.1, 0.15) is 0 Å². The third-order valence-corrected chi connectivity index (χ3v) is 4.85. The van der Waals surface area contributed by atoms with Crippen molar-refractivity contribution in [2.24, 2.45) is 0 Å². The molecule has 0 spiro atoms. The Bertz CT molecular complexity index is 888. The molecule has 2 amide bonds. The maximum Gasteiger partial charge on any atom is 0.238 e. The Morgan fingerprint density at radius 3 is 2.20 bits per heavy atom. The molecule has 0 bridgehead atoms. The number of hydrogen-bond acceptors (Lipinski definition) is 5. The number of rotatable bonds is 7. The van der Waals surface area contributed by atoms with Crippen molar-refractivity contribution in [2.45, 2.75) is 0 Å². The number of ether oxygens (including phenoxy) is 1. The zero-order chi connectivity index (χ0) is 21.5. The number of hydrogen-bond donors (Lipinski definition) is 2. The third-order valence-electron chi connectivity index (χ3n) is 4.56. The molecule has 1 fully saturated rings. The molecule has 0 atom stereocenters. The van der Waals surface area contributed by atoms with E-state index in [2.05, 4.69) is 15.5 Å². The lowest BCUT2D eigenvalue weighted by Gasteiger charge is -2.28. The summed E-state index contributed by atoms with van der Waals surface area (Å²) in [4.78, 5) is 28.2. The molecule has 1 heterocycles. The van der Waals surface area contributed by atoms with Crippen molar-refractivity contribution in [3.05, 3.63) is 53.3 Å². The van der Waals surface area contributed by atoms with Gasteiger partial charge in [0, 0.05) is 30.2 Å². The summed E-state index contributed by atoms with van der Waals surface area (Å²) in [5.41, 5.74) is 2.17. The molecule has 1 aliphatic heterocycles. The number of nitrogens with zero attached hydrogens (tertiary/aromatic N) is 2. The van der Waals surface area contributed by atoms with Crippen molar-refractivity contribution in [1.82, 2.24) is 4.90 Å². The molecule has 2 aromatic rings. The second-order valence-electron chi connectivity index (χ2n) is 7.04. The maximum atomic E-state index is 13.2. The van der Waals surface area contributed by atoms with Crippen LogP contribution in [-0.2, 0) is 14.3 Å². The van der Waals surface area contributed by atoms with Crippen LogP contribution in [0.15, 0.2) is 42.5 Å². The Hall–Kier alpha value is -2.68. The highest BCUT2D eigenvalue weighted by atomic mass is 35.5. The summed E-state index contributed by atoms with van der Waals surface area (Å²) < 4.78 is 18.5. The van der Waals surface area contributed by atoms with Gasteiger partial charge in [-0.15, -0.1) is 0 Å². The zero-order valence-corrected chi connectivity index (χ0v) is 17.4. The first-order chi connectivity index (χ1) is 14.4. The van der Waals surface area contributed by atoms with Crippen molar-refractivity contribution in [3.63, 3.8) is 0 Å². The largest absolute Gasteiger partial charge is 0.378 e. The van der Waals surface area contributed by atoms with E-state index < -0.39 is 5.82 Å². The average Bonchev–Trinajstić information content (AvgIpc) is 2.71. The quantitative estimate of drug-likeness (QED) is 0.701. The molecular formula is C21H24ClFN4O3. The molecule has 7 nitrogen and oxygen atoms in total. The van der Waals surface area contributed by atoms with Gasteiger partial charge in [0.05, 0.1) is 31.3 Å². The number of halogens is 2. The zero-order valence-electron chi connectivity index (χ0n) is 16.7.